The van der Waals surface area contributed by atoms with Crippen LogP contribution in [-0.4, -0.2) is 19.9 Å². The zero-order valence-corrected chi connectivity index (χ0v) is 10.1. The summed E-state index contributed by atoms with van der Waals surface area (Å²) < 4.78 is 1.57. The van der Waals surface area contributed by atoms with Gasteiger partial charge in [0.25, 0.3) is 5.69 Å². The molecular weight excluding hydrogens is 234 g/mol. The van der Waals surface area contributed by atoms with Gasteiger partial charge in [0.05, 0.1) is 22.5 Å². The largest absolute Gasteiger partial charge is 0.323 e. The summed E-state index contributed by atoms with van der Waals surface area (Å²) in [5.74, 6) is 0. The SMILES string of the molecule is Cc1cc([N+](=O)[O-])ccc1-n1cc(C(C)N)nn1. The van der Waals surface area contributed by atoms with Crippen molar-refractivity contribution in [1.82, 2.24) is 15.0 Å². The van der Waals surface area contributed by atoms with Crippen molar-refractivity contribution in [2.45, 2.75) is 19.9 Å². The number of rotatable bonds is 3. The smallest absolute Gasteiger partial charge is 0.269 e. The van der Waals surface area contributed by atoms with E-state index in [1.54, 1.807) is 23.9 Å². The Kier molecular flexibility index (Phi) is 3.07. The highest BCUT2D eigenvalue weighted by molar-refractivity contribution is 5.47. The van der Waals surface area contributed by atoms with Crippen molar-refractivity contribution < 1.29 is 4.92 Å². The quantitative estimate of drug-likeness (QED) is 0.654. The van der Waals surface area contributed by atoms with Crippen LogP contribution in [0.2, 0.25) is 0 Å². The molecule has 7 nitrogen and oxygen atoms in total. The van der Waals surface area contributed by atoms with Gasteiger partial charge in [0.1, 0.15) is 0 Å². The lowest BCUT2D eigenvalue weighted by Crippen LogP contribution is -2.05. The topological polar surface area (TPSA) is 99.9 Å². The standard InChI is InChI=1S/C11H13N5O2/c1-7-5-9(16(17)18)3-4-11(7)15-6-10(8(2)12)13-14-15/h3-6,8H,12H2,1-2H3. The molecule has 7 heteroatoms. The van der Waals surface area contributed by atoms with Crippen LogP contribution in [0.5, 0.6) is 0 Å². The molecule has 0 radical (unpaired) electrons. The van der Waals surface area contributed by atoms with Crippen LogP contribution in [0.1, 0.15) is 24.2 Å². The molecule has 0 aliphatic rings. The molecule has 2 rings (SSSR count). The van der Waals surface area contributed by atoms with Gasteiger partial charge in [-0.15, -0.1) is 5.10 Å². The number of aryl methyl sites for hydroxylation is 1. The Bertz CT molecular complexity index is 591. The van der Waals surface area contributed by atoms with Crippen LogP contribution >= 0.6 is 0 Å². The molecule has 18 heavy (non-hydrogen) atoms. The fraction of sp³-hybridized carbons (Fsp3) is 0.273. The first-order valence-corrected chi connectivity index (χ1v) is 5.42. The van der Waals surface area contributed by atoms with Crippen molar-refractivity contribution in [3.05, 3.63) is 45.8 Å². The van der Waals surface area contributed by atoms with Crippen molar-refractivity contribution in [2.75, 3.05) is 0 Å². The molecule has 2 aromatic rings. The van der Waals surface area contributed by atoms with Crippen molar-refractivity contribution in [1.29, 1.82) is 0 Å². The highest BCUT2D eigenvalue weighted by atomic mass is 16.6. The molecule has 0 amide bonds. The van der Waals surface area contributed by atoms with E-state index >= 15 is 0 Å². The molecule has 94 valence electrons. The molecule has 0 spiro atoms. The van der Waals surface area contributed by atoms with Gasteiger partial charge in [-0.05, 0) is 25.5 Å². The predicted octanol–water partition coefficient (Wildman–Crippen LogP) is 1.50. The van der Waals surface area contributed by atoms with Crippen molar-refractivity contribution >= 4 is 5.69 Å². The molecule has 1 atom stereocenters. The zero-order chi connectivity index (χ0) is 13.3. The second-order valence-electron chi connectivity index (χ2n) is 4.10. The Hall–Kier alpha value is -2.28. The van der Waals surface area contributed by atoms with Gasteiger partial charge in [-0.2, -0.15) is 0 Å². The molecule has 0 bridgehead atoms. The fourth-order valence-corrected chi connectivity index (χ4v) is 1.61. The van der Waals surface area contributed by atoms with Crippen molar-refractivity contribution in [2.24, 2.45) is 5.73 Å². The summed E-state index contributed by atoms with van der Waals surface area (Å²) in [7, 11) is 0. The number of non-ortho nitro benzene ring substituents is 1. The lowest BCUT2D eigenvalue weighted by Gasteiger charge is -2.04. The lowest BCUT2D eigenvalue weighted by molar-refractivity contribution is -0.384. The Labute approximate surface area is 103 Å². The minimum atomic E-state index is -0.425. The summed E-state index contributed by atoms with van der Waals surface area (Å²) in [6, 6.07) is 4.39. The second kappa shape index (κ2) is 4.53. The number of hydrogen-bond acceptors (Lipinski definition) is 5. The number of nitrogens with two attached hydrogens (primary N) is 1. The van der Waals surface area contributed by atoms with Gasteiger partial charge in [-0.1, -0.05) is 5.21 Å². The number of nitro benzene ring substituents is 1. The monoisotopic (exact) mass is 247 g/mol. The second-order valence-corrected chi connectivity index (χ2v) is 4.10. The molecule has 0 aliphatic carbocycles. The van der Waals surface area contributed by atoms with E-state index in [1.807, 2.05) is 6.92 Å². The van der Waals surface area contributed by atoms with Gasteiger partial charge in [-0.25, -0.2) is 4.68 Å². The van der Waals surface area contributed by atoms with Gasteiger partial charge >= 0.3 is 0 Å². The molecular formula is C11H13N5O2. The molecule has 2 N–H and O–H groups in total. The summed E-state index contributed by atoms with van der Waals surface area (Å²) in [6.45, 7) is 3.60. The Morgan fingerprint density at radius 3 is 2.72 bits per heavy atom. The van der Waals surface area contributed by atoms with E-state index in [1.165, 1.54) is 12.1 Å². The maximum absolute atomic E-state index is 10.6. The average molecular weight is 247 g/mol. The Morgan fingerprint density at radius 2 is 2.22 bits per heavy atom. The van der Waals surface area contributed by atoms with Crippen LogP contribution in [0.25, 0.3) is 5.69 Å². The number of benzene rings is 1. The van der Waals surface area contributed by atoms with Crippen LogP contribution in [0.3, 0.4) is 0 Å². The van der Waals surface area contributed by atoms with Gasteiger partial charge in [0.2, 0.25) is 0 Å². The van der Waals surface area contributed by atoms with E-state index < -0.39 is 4.92 Å². The number of aromatic nitrogens is 3. The van der Waals surface area contributed by atoms with E-state index in [9.17, 15) is 10.1 Å². The maximum atomic E-state index is 10.6. The van der Waals surface area contributed by atoms with E-state index in [0.29, 0.717) is 5.69 Å². The van der Waals surface area contributed by atoms with E-state index in [0.717, 1.165) is 11.3 Å². The highest BCUT2D eigenvalue weighted by Gasteiger charge is 2.11. The van der Waals surface area contributed by atoms with Gasteiger partial charge in [-0.3, -0.25) is 10.1 Å². The molecule has 1 unspecified atom stereocenters. The van der Waals surface area contributed by atoms with Crippen LogP contribution in [-0.2, 0) is 0 Å². The third-order valence-corrected chi connectivity index (χ3v) is 2.62. The van der Waals surface area contributed by atoms with Crippen LogP contribution in [0.4, 0.5) is 5.69 Å². The maximum Gasteiger partial charge on any atom is 0.269 e. The fourth-order valence-electron chi connectivity index (χ4n) is 1.61. The summed E-state index contributed by atoms with van der Waals surface area (Å²) >= 11 is 0. The van der Waals surface area contributed by atoms with Gasteiger partial charge in [0.15, 0.2) is 0 Å². The number of nitro groups is 1. The van der Waals surface area contributed by atoms with Crippen molar-refractivity contribution in [3.63, 3.8) is 0 Å². The van der Waals surface area contributed by atoms with E-state index in [4.69, 9.17) is 5.73 Å². The van der Waals surface area contributed by atoms with E-state index in [2.05, 4.69) is 10.3 Å². The number of nitrogens with zero attached hydrogens (tertiary/aromatic N) is 4. The molecule has 1 aromatic heterocycles. The van der Waals surface area contributed by atoms with Gasteiger partial charge < -0.3 is 5.73 Å². The highest BCUT2D eigenvalue weighted by Crippen LogP contribution is 2.20. The Balaban J connectivity index is 2.41. The summed E-state index contributed by atoms with van der Waals surface area (Å²) in [5.41, 5.74) is 7.94. The van der Waals surface area contributed by atoms with Gasteiger partial charge in [0, 0.05) is 18.2 Å². The average Bonchev–Trinajstić information content (AvgIpc) is 2.78. The molecule has 0 saturated heterocycles. The molecule has 1 aromatic carbocycles. The normalized spacial score (nSPS) is 12.4. The molecule has 0 saturated carbocycles. The Morgan fingerprint density at radius 1 is 1.50 bits per heavy atom. The predicted molar refractivity (Wildman–Crippen MR) is 65.4 cm³/mol. The third kappa shape index (κ3) is 2.21. The van der Waals surface area contributed by atoms with Crippen molar-refractivity contribution in [3.8, 4) is 5.69 Å². The molecule has 0 aliphatic heterocycles. The minimum Gasteiger partial charge on any atom is -0.323 e. The third-order valence-electron chi connectivity index (χ3n) is 2.62. The molecule has 1 heterocycles. The first-order chi connectivity index (χ1) is 8.49. The summed E-state index contributed by atoms with van der Waals surface area (Å²) in [4.78, 5) is 10.2. The van der Waals surface area contributed by atoms with Crippen LogP contribution < -0.4 is 5.73 Å². The molecule has 0 fully saturated rings. The minimum absolute atomic E-state index is 0.0591. The first-order valence-electron chi connectivity index (χ1n) is 5.42. The zero-order valence-electron chi connectivity index (χ0n) is 10.1. The summed E-state index contributed by atoms with van der Waals surface area (Å²) in [6.07, 6.45) is 1.72. The lowest BCUT2D eigenvalue weighted by atomic mass is 10.2. The van der Waals surface area contributed by atoms with Crippen LogP contribution in [0.15, 0.2) is 24.4 Å². The van der Waals surface area contributed by atoms with Crippen LogP contribution in [0, 0.1) is 17.0 Å². The number of hydrogen-bond donors (Lipinski definition) is 1. The summed E-state index contributed by atoms with van der Waals surface area (Å²) in [5, 5.41) is 18.6. The van der Waals surface area contributed by atoms with E-state index in [-0.39, 0.29) is 11.7 Å². The first kappa shape index (κ1) is 12.2.